The van der Waals surface area contributed by atoms with Gasteiger partial charge in [-0.2, -0.15) is 0 Å². The van der Waals surface area contributed by atoms with E-state index in [1.165, 1.54) is 19.3 Å². The summed E-state index contributed by atoms with van der Waals surface area (Å²) in [5, 5.41) is 3.51. The van der Waals surface area contributed by atoms with E-state index in [2.05, 4.69) is 28.2 Å². The molecule has 0 bridgehead atoms. The number of hydrogen-bond donors (Lipinski definition) is 2. The van der Waals surface area contributed by atoms with Gasteiger partial charge in [-0.15, -0.1) is 0 Å². The lowest BCUT2D eigenvalue weighted by molar-refractivity contribution is 0.642. The summed E-state index contributed by atoms with van der Waals surface area (Å²) in [7, 11) is 0. The van der Waals surface area contributed by atoms with Crippen LogP contribution in [-0.4, -0.2) is 11.0 Å². The fourth-order valence-electron chi connectivity index (χ4n) is 2.03. The lowest BCUT2D eigenvalue weighted by Gasteiger charge is -2.18. The summed E-state index contributed by atoms with van der Waals surface area (Å²) in [6, 6.07) is 6.42. The third-order valence-corrected chi connectivity index (χ3v) is 3.75. The van der Waals surface area contributed by atoms with E-state index < -0.39 is 0 Å². The topological polar surface area (TPSA) is 38.0 Å². The van der Waals surface area contributed by atoms with Gasteiger partial charge >= 0.3 is 0 Å². The van der Waals surface area contributed by atoms with Crippen LogP contribution in [0.15, 0.2) is 22.7 Å². The van der Waals surface area contributed by atoms with Crippen molar-refractivity contribution in [2.75, 3.05) is 5.32 Å². The first kappa shape index (κ1) is 12.8. The second kappa shape index (κ2) is 5.36. The molecule has 0 heterocycles. The summed E-state index contributed by atoms with van der Waals surface area (Å²) in [6.07, 6.45) is 3.99. The molecule has 17 heavy (non-hydrogen) atoms. The van der Waals surface area contributed by atoms with Crippen LogP contribution in [0.1, 0.15) is 31.7 Å². The molecule has 1 atom stereocenters. The van der Waals surface area contributed by atoms with Crippen molar-refractivity contribution in [3.63, 3.8) is 0 Å². The number of halogens is 1. The minimum absolute atomic E-state index is 0.443. The summed E-state index contributed by atoms with van der Waals surface area (Å²) in [5.41, 5.74) is 7.68. The fourth-order valence-corrected chi connectivity index (χ4v) is 2.57. The Morgan fingerprint density at radius 3 is 2.88 bits per heavy atom. The molecule has 1 aromatic rings. The standard InChI is InChI=1S/C13H17BrN2S/c1-8(6-9-2-3-9)16-12-7-10(14)4-5-11(12)13(15)17/h4-5,7-9,16H,2-3,6H2,1H3,(H2,15,17). The van der Waals surface area contributed by atoms with Crippen molar-refractivity contribution in [1.29, 1.82) is 0 Å². The average molecular weight is 313 g/mol. The highest BCUT2D eigenvalue weighted by Crippen LogP contribution is 2.34. The minimum atomic E-state index is 0.443. The molecule has 0 saturated heterocycles. The third-order valence-electron chi connectivity index (χ3n) is 3.03. The lowest BCUT2D eigenvalue weighted by atomic mass is 10.1. The minimum Gasteiger partial charge on any atom is -0.389 e. The molecule has 0 radical (unpaired) electrons. The Bertz CT molecular complexity index is 429. The number of benzene rings is 1. The van der Waals surface area contributed by atoms with Gasteiger partial charge < -0.3 is 11.1 Å². The molecular weight excluding hydrogens is 296 g/mol. The Kier molecular flexibility index (Phi) is 4.05. The van der Waals surface area contributed by atoms with Crippen LogP contribution in [0.3, 0.4) is 0 Å². The lowest BCUT2D eigenvalue weighted by Crippen LogP contribution is -2.19. The fraction of sp³-hybridized carbons (Fsp3) is 0.462. The molecule has 1 aliphatic carbocycles. The molecule has 1 saturated carbocycles. The molecule has 1 fully saturated rings. The maximum Gasteiger partial charge on any atom is 0.106 e. The highest BCUT2D eigenvalue weighted by molar-refractivity contribution is 9.10. The normalized spacial score (nSPS) is 16.6. The van der Waals surface area contributed by atoms with Crippen LogP contribution in [0.25, 0.3) is 0 Å². The van der Waals surface area contributed by atoms with E-state index in [9.17, 15) is 0 Å². The summed E-state index contributed by atoms with van der Waals surface area (Å²) < 4.78 is 1.04. The van der Waals surface area contributed by atoms with Crippen LogP contribution in [0.5, 0.6) is 0 Å². The first-order valence-electron chi connectivity index (χ1n) is 5.92. The van der Waals surface area contributed by atoms with Crippen molar-refractivity contribution in [1.82, 2.24) is 0 Å². The van der Waals surface area contributed by atoms with E-state index in [1.807, 2.05) is 18.2 Å². The Morgan fingerprint density at radius 1 is 1.59 bits per heavy atom. The molecule has 0 aliphatic heterocycles. The van der Waals surface area contributed by atoms with Gasteiger partial charge in [0, 0.05) is 21.8 Å². The predicted molar refractivity (Wildman–Crippen MR) is 80.5 cm³/mol. The number of nitrogens with one attached hydrogen (secondary N) is 1. The van der Waals surface area contributed by atoms with Crippen molar-refractivity contribution in [2.45, 2.75) is 32.2 Å². The number of rotatable bonds is 5. The van der Waals surface area contributed by atoms with Crippen LogP contribution >= 0.6 is 28.1 Å². The molecule has 1 aliphatic rings. The van der Waals surface area contributed by atoms with E-state index in [-0.39, 0.29) is 0 Å². The van der Waals surface area contributed by atoms with E-state index in [4.69, 9.17) is 18.0 Å². The van der Waals surface area contributed by atoms with Gasteiger partial charge in [0.1, 0.15) is 4.99 Å². The van der Waals surface area contributed by atoms with E-state index in [1.54, 1.807) is 0 Å². The molecular formula is C13H17BrN2S. The van der Waals surface area contributed by atoms with Gasteiger partial charge in [-0.3, -0.25) is 0 Å². The Labute approximate surface area is 116 Å². The SMILES string of the molecule is CC(CC1CC1)Nc1cc(Br)ccc1C(N)=S. The highest BCUT2D eigenvalue weighted by Gasteiger charge is 2.23. The molecule has 1 unspecified atom stereocenters. The van der Waals surface area contributed by atoms with Crippen LogP contribution in [0.4, 0.5) is 5.69 Å². The number of hydrogen-bond acceptors (Lipinski definition) is 2. The Hall–Kier alpha value is -0.610. The molecule has 2 rings (SSSR count). The zero-order chi connectivity index (χ0) is 12.4. The summed E-state index contributed by atoms with van der Waals surface area (Å²) in [4.78, 5) is 0.443. The maximum absolute atomic E-state index is 5.73. The molecule has 2 nitrogen and oxygen atoms in total. The van der Waals surface area contributed by atoms with Gasteiger partial charge in [0.05, 0.1) is 0 Å². The molecule has 1 aromatic carbocycles. The zero-order valence-electron chi connectivity index (χ0n) is 9.87. The van der Waals surface area contributed by atoms with Crippen molar-refractivity contribution >= 4 is 38.8 Å². The van der Waals surface area contributed by atoms with E-state index in [0.29, 0.717) is 11.0 Å². The van der Waals surface area contributed by atoms with Gasteiger partial charge in [0.2, 0.25) is 0 Å². The van der Waals surface area contributed by atoms with Crippen molar-refractivity contribution in [3.8, 4) is 0 Å². The van der Waals surface area contributed by atoms with Crippen LogP contribution in [0.2, 0.25) is 0 Å². The van der Waals surface area contributed by atoms with Crippen LogP contribution in [0, 0.1) is 5.92 Å². The van der Waals surface area contributed by atoms with Crippen molar-refractivity contribution in [2.24, 2.45) is 11.7 Å². The molecule has 92 valence electrons. The second-order valence-electron chi connectivity index (χ2n) is 4.78. The van der Waals surface area contributed by atoms with Gasteiger partial charge in [-0.1, -0.05) is 41.0 Å². The van der Waals surface area contributed by atoms with Gasteiger partial charge in [0.15, 0.2) is 0 Å². The molecule has 0 aromatic heterocycles. The molecule has 3 N–H and O–H groups in total. The first-order valence-corrected chi connectivity index (χ1v) is 7.12. The highest BCUT2D eigenvalue weighted by atomic mass is 79.9. The van der Waals surface area contributed by atoms with E-state index >= 15 is 0 Å². The second-order valence-corrected chi connectivity index (χ2v) is 6.13. The Balaban J connectivity index is 2.11. The summed E-state index contributed by atoms with van der Waals surface area (Å²) >= 11 is 8.54. The van der Waals surface area contributed by atoms with Gasteiger partial charge in [-0.05, 0) is 37.5 Å². The largest absolute Gasteiger partial charge is 0.389 e. The van der Waals surface area contributed by atoms with Gasteiger partial charge in [-0.25, -0.2) is 0 Å². The first-order chi connectivity index (χ1) is 8.06. The number of nitrogens with two attached hydrogens (primary N) is 1. The smallest absolute Gasteiger partial charge is 0.106 e. The van der Waals surface area contributed by atoms with E-state index in [0.717, 1.165) is 21.6 Å². The summed E-state index contributed by atoms with van der Waals surface area (Å²) in [6.45, 7) is 2.21. The van der Waals surface area contributed by atoms with Gasteiger partial charge in [0.25, 0.3) is 0 Å². The quantitative estimate of drug-likeness (QED) is 0.814. The number of thiocarbonyl (C=S) groups is 1. The molecule has 0 spiro atoms. The van der Waals surface area contributed by atoms with Crippen molar-refractivity contribution in [3.05, 3.63) is 28.2 Å². The van der Waals surface area contributed by atoms with Crippen LogP contribution in [-0.2, 0) is 0 Å². The van der Waals surface area contributed by atoms with Crippen molar-refractivity contribution < 1.29 is 0 Å². The predicted octanol–water partition coefficient (Wildman–Crippen LogP) is 3.68. The summed E-state index contributed by atoms with van der Waals surface area (Å²) in [5.74, 6) is 0.915. The third kappa shape index (κ3) is 3.68. The Morgan fingerprint density at radius 2 is 2.29 bits per heavy atom. The molecule has 0 amide bonds. The van der Waals surface area contributed by atoms with Crippen LogP contribution < -0.4 is 11.1 Å². The number of anilines is 1. The average Bonchev–Trinajstić information content (AvgIpc) is 3.00. The monoisotopic (exact) mass is 312 g/mol. The molecule has 4 heteroatoms. The maximum atomic E-state index is 5.73. The zero-order valence-corrected chi connectivity index (χ0v) is 12.3.